The van der Waals surface area contributed by atoms with Gasteiger partial charge in [-0.1, -0.05) is 78.9 Å². The van der Waals surface area contributed by atoms with Gasteiger partial charge in [0.05, 0.1) is 16.6 Å². The summed E-state index contributed by atoms with van der Waals surface area (Å²) >= 11 is 0. The van der Waals surface area contributed by atoms with Gasteiger partial charge in [-0.25, -0.2) is 4.79 Å². The molecule has 0 saturated carbocycles. The van der Waals surface area contributed by atoms with Gasteiger partial charge < -0.3 is 9.30 Å². The van der Waals surface area contributed by atoms with Crippen LogP contribution in [0, 0.1) is 0 Å². The lowest BCUT2D eigenvalue weighted by molar-refractivity contribution is 0.0325. The minimum atomic E-state index is -0.317. The lowest BCUT2D eigenvalue weighted by atomic mass is 9.84. The summed E-state index contributed by atoms with van der Waals surface area (Å²) in [7, 11) is 0. The molecule has 4 aromatic carbocycles. The van der Waals surface area contributed by atoms with Gasteiger partial charge in [-0.2, -0.15) is 0 Å². The highest BCUT2D eigenvalue weighted by molar-refractivity contribution is 6.11. The summed E-state index contributed by atoms with van der Waals surface area (Å²) in [5.41, 5.74) is 7.39. The quantitative estimate of drug-likeness (QED) is 0.273. The molecule has 0 bridgehead atoms. The van der Waals surface area contributed by atoms with E-state index in [1.165, 1.54) is 21.9 Å². The Morgan fingerprint density at radius 1 is 0.706 bits per heavy atom. The predicted octanol–water partition coefficient (Wildman–Crippen LogP) is 7.20. The maximum Gasteiger partial charge on any atom is 0.339 e. The molecular weight excluding hydrogens is 418 g/mol. The van der Waals surface area contributed by atoms with Crippen molar-refractivity contribution in [1.29, 1.82) is 0 Å². The van der Waals surface area contributed by atoms with Crippen LogP contribution in [0.15, 0.2) is 115 Å². The zero-order chi connectivity index (χ0) is 22.6. The number of ether oxygens (including phenoxy) is 1. The highest BCUT2D eigenvalue weighted by Crippen LogP contribution is 2.40. The molecule has 2 heterocycles. The monoisotopic (exact) mass is 439 g/mol. The van der Waals surface area contributed by atoms with Crippen molar-refractivity contribution in [3.05, 3.63) is 126 Å². The predicted molar refractivity (Wildman–Crippen MR) is 137 cm³/mol. The van der Waals surface area contributed by atoms with Crippen molar-refractivity contribution in [3.63, 3.8) is 0 Å². The summed E-state index contributed by atoms with van der Waals surface area (Å²) in [6, 6.07) is 33.3. The number of fused-ring (bicyclic) bond motifs is 6. The van der Waals surface area contributed by atoms with Gasteiger partial charge in [0.25, 0.3) is 0 Å². The van der Waals surface area contributed by atoms with Crippen molar-refractivity contribution in [2.24, 2.45) is 0 Å². The number of hydrogen-bond donors (Lipinski definition) is 0. The molecule has 162 valence electrons. The second kappa shape index (κ2) is 7.32. The number of nitrogens with zero attached hydrogens (tertiary/aromatic N) is 1. The van der Waals surface area contributed by atoms with Gasteiger partial charge in [0.15, 0.2) is 0 Å². The highest BCUT2D eigenvalue weighted by Gasteiger charge is 2.35. The molecule has 0 amide bonds. The van der Waals surface area contributed by atoms with Crippen molar-refractivity contribution < 1.29 is 9.53 Å². The van der Waals surface area contributed by atoms with Gasteiger partial charge in [-0.05, 0) is 53.1 Å². The van der Waals surface area contributed by atoms with E-state index in [-0.39, 0.29) is 18.0 Å². The van der Waals surface area contributed by atoms with Crippen molar-refractivity contribution in [3.8, 4) is 11.1 Å². The number of para-hydroxylation sites is 1. The topological polar surface area (TPSA) is 31.2 Å². The smallest absolute Gasteiger partial charge is 0.339 e. The fourth-order valence-corrected chi connectivity index (χ4v) is 5.40. The van der Waals surface area contributed by atoms with E-state index in [1.54, 1.807) is 0 Å². The molecule has 0 radical (unpaired) electrons. The van der Waals surface area contributed by atoms with Crippen LogP contribution in [0.25, 0.3) is 38.6 Å². The maximum absolute atomic E-state index is 12.6. The molecule has 0 fully saturated rings. The fourth-order valence-electron chi connectivity index (χ4n) is 5.40. The second-order valence-electron chi connectivity index (χ2n) is 8.88. The first-order chi connectivity index (χ1) is 16.8. The van der Waals surface area contributed by atoms with Gasteiger partial charge in [0.2, 0.25) is 0 Å². The standard InChI is InChI=1S/C31H21NO2/c33-31-26-12-5-4-10-23(26)25-16-15-22(19-30(25)34-31)32-28-13-7-6-11-24(28)27-18-21(14-17-29(27)32)20-8-2-1-3-9-20/h1-19,25,30H. The number of benzene rings is 4. The number of esters is 1. The van der Waals surface area contributed by atoms with Crippen LogP contribution in [0.1, 0.15) is 21.8 Å². The second-order valence-corrected chi connectivity index (χ2v) is 8.88. The van der Waals surface area contributed by atoms with Crippen molar-refractivity contribution in [2.75, 3.05) is 0 Å². The largest absolute Gasteiger partial charge is 0.453 e. The number of hydrogen-bond acceptors (Lipinski definition) is 2. The first kappa shape index (κ1) is 19.1. The van der Waals surface area contributed by atoms with Gasteiger partial charge in [-0.15, -0.1) is 0 Å². The molecule has 3 heteroatoms. The molecule has 0 saturated heterocycles. The Labute approximate surface area is 197 Å². The van der Waals surface area contributed by atoms with E-state index in [9.17, 15) is 4.79 Å². The van der Waals surface area contributed by atoms with E-state index in [0.717, 1.165) is 22.3 Å². The molecule has 5 aromatic rings. The normalized spacial score (nSPS) is 18.9. The Kier molecular flexibility index (Phi) is 4.12. The Morgan fingerprint density at radius 2 is 1.47 bits per heavy atom. The summed E-state index contributed by atoms with van der Waals surface area (Å²) in [5.74, 6) is -0.215. The van der Waals surface area contributed by atoms with Crippen LogP contribution in [0.3, 0.4) is 0 Å². The number of carbonyl (C=O) groups is 1. The van der Waals surface area contributed by atoms with Gasteiger partial charge >= 0.3 is 5.97 Å². The minimum absolute atomic E-state index is 0.0374. The average molecular weight is 440 g/mol. The summed E-state index contributed by atoms with van der Waals surface area (Å²) in [4.78, 5) is 12.6. The van der Waals surface area contributed by atoms with Crippen LogP contribution in [0.5, 0.6) is 0 Å². The molecule has 1 aliphatic carbocycles. The molecule has 1 aliphatic heterocycles. The minimum Gasteiger partial charge on any atom is -0.453 e. The first-order valence-electron chi connectivity index (χ1n) is 11.6. The average Bonchev–Trinajstić information content (AvgIpc) is 3.23. The van der Waals surface area contributed by atoms with E-state index in [1.807, 2.05) is 30.3 Å². The third-order valence-corrected chi connectivity index (χ3v) is 6.98. The van der Waals surface area contributed by atoms with Crippen LogP contribution in [0.2, 0.25) is 0 Å². The number of aromatic nitrogens is 1. The first-order valence-corrected chi connectivity index (χ1v) is 11.6. The zero-order valence-electron chi connectivity index (χ0n) is 18.4. The Balaban J connectivity index is 1.40. The summed E-state index contributed by atoms with van der Waals surface area (Å²) < 4.78 is 8.14. The van der Waals surface area contributed by atoms with Gasteiger partial charge in [0, 0.05) is 22.4 Å². The maximum atomic E-state index is 12.6. The number of rotatable bonds is 2. The van der Waals surface area contributed by atoms with Crippen molar-refractivity contribution in [2.45, 2.75) is 12.0 Å². The summed E-state index contributed by atoms with van der Waals surface area (Å²) in [6.45, 7) is 0. The lowest BCUT2D eigenvalue weighted by Crippen LogP contribution is -2.31. The van der Waals surface area contributed by atoms with Crippen LogP contribution >= 0.6 is 0 Å². The number of allylic oxidation sites excluding steroid dienone is 2. The molecule has 0 N–H and O–H groups in total. The van der Waals surface area contributed by atoms with Crippen LogP contribution in [0.4, 0.5) is 0 Å². The summed E-state index contributed by atoms with van der Waals surface area (Å²) in [6.07, 6.45) is 6.11. The lowest BCUT2D eigenvalue weighted by Gasteiger charge is -2.32. The Hall–Kier alpha value is -4.37. The zero-order valence-corrected chi connectivity index (χ0v) is 18.4. The number of carbonyl (C=O) groups excluding carboxylic acids is 1. The molecule has 1 aromatic heterocycles. The third kappa shape index (κ3) is 2.80. The third-order valence-electron chi connectivity index (χ3n) is 6.98. The molecule has 7 rings (SSSR count). The Bertz CT molecular complexity index is 1660. The van der Waals surface area contributed by atoms with Gasteiger partial charge in [-0.3, -0.25) is 0 Å². The molecule has 2 unspecified atom stereocenters. The van der Waals surface area contributed by atoms with E-state index in [2.05, 4.69) is 89.5 Å². The van der Waals surface area contributed by atoms with E-state index in [0.29, 0.717) is 5.56 Å². The SMILES string of the molecule is O=C1OC2C=C(n3c4ccccc4c4cc(-c5ccccc5)ccc43)C=CC2c2ccccc21. The van der Waals surface area contributed by atoms with Crippen molar-refractivity contribution in [1.82, 2.24) is 4.57 Å². The van der Waals surface area contributed by atoms with E-state index in [4.69, 9.17) is 4.74 Å². The van der Waals surface area contributed by atoms with E-state index >= 15 is 0 Å². The van der Waals surface area contributed by atoms with Crippen LogP contribution in [-0.4, -0.2) is 16.6 Å². The van der Waals surface area contributed by atoms with Crippen LogP contribution < -0.4 is 0 Å². The summed E-state index contributed by atoms with van der Waals surface area (Å²) in [5, 5.41) is 2.41. The Morgan fingerprint density at radius 3 is 2.38 bits per heavy atom. The van der Waals surface area contributed by atoms with E-state index < -0.39 is 0 Å². The highest BCUT2D eigenvalue weighted by atomic mass is 16.5. The molecule has 3 nitrogen and oxygen atoms in total. The molecule has 0 spiro atoms. The fraction of sp³-hybridized carbons (Fsp3) is 0.0645. The molecule has 2 atom stereocenters. The molecule has 34 heavy (non-hydrogen) atoms. The van der Waals surface area contributed by atoms with Crippen LogP contribution in [-0.2, 0) is 4.74 Å². The molecular formula is C31H21NO2. The van der Waals surface area contributed by atoms with Gasteiger partial charge in [0.1, 0.15) is 6.10 Å². The molecule has 2 aliphatic rings. The van der Waals surface area contributed by atoms with Crippen molar-refractivity contribution >= 4 is 33.5 Å².